The molecule has 0 atom stereocenters. The van der Waals surface area contributed by atoms with Crippen molar-refractivity contribution in [3.05, 3.63) is 29.3 Å². The molecule has 7 nitrogen and oxygen atoms in total. The number of sulfone groups is 1. The first-order valence-corrected chi connectivity index (χ1v) is 9.71. The van der Waals surface area contributed by atoms with Crippen molar-refractivity contribution in [2.75, 3.05) is 28.6 Å². The van der Waals surface area contributed by atoms with Crippen LogP contribution in [0.25, 0.3) is 0 Å². The molecule has 1 aromatic rings. The predicted octanol–water partition coefficient (Wildman–Crippen LogP) is 0.605. The van der Waals surface area contributed by atoms with Crippen LogP contribution in [0.4, 0.5) is 5.69 Å². The van der Waals surface area contributed by atoms with Crippen molar-refractivity contribution in [1.29, 1.82) is 0 Å². The number of nitrogens with zero attached hydrogens (tertiary/aromatic N) is 1. The van der Waals surface area contributed by atoms with Crippen LogP contribution in [0.2, 0.25) is 5.02 Å². The van der Waals surface area contributed by atoms with Gasteiger partial charge in [-0.3, -0.25) is 9.10 Å². The molecule has 0 aliphatic carbocycles. The van der Waals surface area contributed by atoms with Gasteiger partial charge in [-0.05, 0) is 24.3 Å². The van der Waals surface area contributed by atoms with E-state index in [0.29, 0.717) is 9.33 Å². The van der Waals surface area contributed by atoms with Crippen molar-refractivity contribution in [3.8, 4) is 0 Å². The largest absolute Gasteiger partial charge is 0.480 e. The zero-order valence-corrected chi connectivity index (χ0v) is 13.4. The number of halogens is 1. The van der Waals surface area contributed by atoms with Crippen LogP contribution in [0, 0.1) is 0 Å². The summed E-state index contributed by atoms with van der Waals surface area (Å²) in [6.07, 6.45) is 0.909. The van der Waals surface area contributed by atoms with E-state index >= 15 is 0 Å². The average molecular weight is 356 g/mol. The minimum absolute atomic E-state index is 0.107. The van der Waals surface area contributed by atoms with Crippen molar-refractivity contribution in [1.82, 2.24) is 0 Å². The fourth-order valence-electron chi connectivity index (χ4n) is 1.45. The lowest BCUT2D eigenvalue weighted by Crippen LogP contribution is -2.38. The van der Waals surface area contributed by atoms with E-state index in [2.05, 4.69) is 0 Å². The molecule has 21 heavy (non-hydrogen) atoms. The van der Waals surface area contributed by atoms with Gasteiger partial charge in [0, 0.05) is 11.3 Å². The molecular weight excluding hydrogens is 342 g/mol. The third kappa shape index (κ3) is 5.90. The van der Waals surface area contributed by atoms with Crippen molar-refractivity contribution in [2.24, 2.45) is 0 Å². The first-order valence-electron chi connectivity index (χ1n) is 5.67. The molecule has 0 saturated heterocycles. The summed E-state index contributed by atoms with van der Waals surface area (Å²) >= 11 is 5.69. The molecule has 0 heterocycles. The Morgan fingerprint density at radius 1 is 1.14 bits per heavy atom. The van der Waals surface area contributed by atoms with Crippen LogP contribution in [0.3, 0.4) is 0 Å². The highest BCUT2D eigenvalue weighted by Crippen LogP contribution is 2.21. The molecule has 0 aliphatic rings. The lowest BCUT2D eigenvalue weighted by molar-refractivity contribution is -0.135. The Bertz CT molecular complexity index is 712. The molecule has 0 aromatic heterocycles. The van der Waals surface area contributed by atoms with Crippen LogP contribution < -0.4 is 4.31 Å². The van der Waals surface area contributed by atoms with E-state index in [4.69, 9.17) is 16.7 Å². The van der Waals surface area contributed by atoms with Gasteiger partial charge in [-0.1, -0.05) is 11.6 Å². The third-order valence-corrected chi connectivity index (χ3v) is 5.63. The molecule has 10 heteroatoms. The number of hydrogen-bond acceptors (Lipinski definition) is 5. The molecule has 1 aromatic carbocycles. The van der Waals surface area contributed by atoms with Crippen LogP contribution in [0.15, 0.2) is 24.3 Å². The van der Waals surface area contributed by atoms with E-state index in [9.17, 15) is 21.6 Å². The smallest absolute Gasteiger partial charge is 0.324 e. The van der Waals surface area contributed by atoms with Crippen LogP contribution in [0.1, 0.15) is 0 Å². The predicted molar refractivity (Wildman–Crippen MR) is 79.9 cm³/mol. The van der Waals surface area contributed by atoms with Gasteiger partial charge in [0.05, 0.1) is 17.2 Å². The van der Waals surface area contributed by atoms with E-state index in [-0.39, 0.29) is 5.69 Å². The molecular formula is C11H14ClNO6S2. The Balaban J connectivity index is 3.12. The highest BCUT2D eigenvalue weighted by atomic mass is 35.5. The van der Waals surface area contributed by atoms with Gasteiger partial charge >= 0.3 is 5.97 Å². The minimum atomic E-state index is -4.09. The Labute approximate surface area is 128 Å². The number of carboxylic acids is 1. The SMILES string of the molecule is CS(=O)(=O)CCS(=O)(=O)N(CC(=O)O)c1ccc(Cl)cc1. The van der Waals surface area contributed by atoms with Gasteiger partial charge in [0.1, 0.15) is 16.4 Å². The molecule has 1 N–H and O–H groups in total. The number of benzene rings is 1. The number of hydrogen-bond donors (Lipinski definition) is 1. The summed E-state index contributed by atoms with van der Waals surface area (Å²) in [4.78, 5) is 10.8. The molecule has 0 amide bonds. The zero-order valence-electron chi connectivity index (χ0n) is 11.1. The van der Waals surface area contributed by atoms with Gasteiger partial charge in [-0.2, -0.15) is 0 Å². The number of sulfonamides is 1. The van der Waals surface area contributed by atoms with E-state index in [1.54, 1.807) is 0 Å². The number of rotatable bonds is 7. The van der Waals surface area contributed by atoms with E-state index < -0.39 is 43.9 Å². The summed E-state index contributed by atoms with van der Waals surface area (Å²) in [5.74, 6) is -2.63. The summed E-state index contributed by atoms with van der Waals surface area (Å²) in [6.45, 7) is -0.798. The summed E-state index contributed by atoms with van der Waals surface area (Å²) in [7, 11) is -7.57. The summed E-state index contributed by atoms with van der Waals surface area (Å²) in [6, 6.07) is 5.53. The second-order valence-electron chi connectivity index (χ2n) is 4.32. The molecule has 0 aliphatic heterocycles. The molecule has 0 saturated carbocycles. The van der Waals surface area contributed by atoms with E-state index in [1.165, 1.54) is 24.3 Å². The second kappa shape index (κ2) is 6.63. The quantitative estimate of drug-likeness (QED) is 0.767. The van der Waals surface area contributed by atoms with Crippen molar-refractivity contribution >= 4 is 43.1 Å². The monoisotopic (exact) mass is 355 g/mol. The van der Waals surface area contributed by atoms with Gasteiger partial charge in [0.25, 0.3) is 0 Å². The first kappa shape index (κ1) is 17.7. The summed E-state index contributed by atoms with van der Waals surface area (Å²) in [5, 5.41) is 9.20. The molecule has 0 fully saturated rings. The Hall–Kier alpha value is -1.32. The highest BCUT2D eigenvalue weighted by molar-refractivity contribution is 7.95. The van der Waals surface area contributed by atoms with Gasteiger partial charge in [0.2, 0.25) is 10.0 Å². The number of aliphatic carboxylic acids is 1. The van der Waals surface area contributed by atoms with Gasteiger partial charge in [-0.25, -0.2) is 16.8 Å². The molecule has 0 radical (unpaired) electrons. The molecule has 0 bridgehead atoms. The van der Waals surface area contributed by atoms with E-state index in [0.717, 1.165) is 6.26 Å². The topological polar surface area (TPSA) is 109 Å². The number of carbonyl (C=O) groups is 1. The highest BCUT2D eigenvalue weighted by Gasteiger charge is 2.26. The summed E-state index contributed by atoms with van der Waals surface area (Å²) in [5.41, 5.74) is 0.107. The van der Waals surface area contributed by atoms with Gasteiger partial charge in [-0.15, -0.1) is 0 Å². The fraction of sp³-hybridized carbons (Fsp3) is 0.364. The first-order chi connectivity index (χ1) is 9.51. The molecule has 118 valence electrons. The minimum Gasteiger partial charge on any atom is -0.480 e. The number of carboxylic acid groups (broad SMARTS) is 1. The maximum Gasteiger partial charge on any atom is 0.324 e. The van der Waals surface area contributed by atoms with Gasteiger partial charge in [0.15, 0.2) is 0 Å². The Morgan fingerprint density at radius 3 is 2.10 bits per heavy atom. The van der Waals surface area contributed by atoms with Crippen LogP contribution in [-0.4, -0.2) is 52.2 Å². The van der Waals surface area contributed by atoms with Crippen LogP contribution in [-0.2, 0) is 24.7 Å². The average Bonchev–Trinajstić information content (AvgIpc) is 2.34. The van der Waals surface area contributed by atoms with Crippen LogP contribution >= 0.6 is 11.6 Å². The van der Waals surface area contributed by atoms with Crippen molar-refractivity contribution in [2.45, 2.75) is 0 Å². The lowest BCUT2D eigenvalue weighted by Gasteiger charge is -2.22. The van der Waals surface area contributed by atoms with E-state index in [1.807, 2.05) is 0 Å². The maximum atomic E-state index is 12.2. The van der Waals surface area contributed by atoms with Crippen molar-refractivity contribution < 1.29 is 26.7 Å². The molecule has 0 unspecified atom stereocenters. The van der Waals surface area contributed by atoms with Crippen molar-refractivity contribution in [3.63, 3.8) is 0 Å². The maximum absolute atomic E-state index is 12.2. The summed E-state index contributed by atoms with van der Waals surface area (Å²) < 4.78 is 47.2. The van der Waals surface area contributed by atoms with Gasteiger partial charge < -0.3 is 5.11 Å². The number of anilines is 1. The fourth-order valence-corrected chi connectivity index (χ4v) is 4.60. The molecule has 0 spiro atoms. The lowest BCUT2D eigenvalue weighted by atomic mass is 10.3. The zero-order chi connectivity index (χ0) is 16.3. The third-order valence-electron chi connectivity index (χ3n) is 2.44. The Kier molecular flexibility index (Phi) is 5.60. The van der Waals surface area contributed by atoms with Crippen LogP contribution in [0.5, 0.6) is 0 Å². The Morgan fingerprint density at radius 2 is 1.67 bits per heavy atom. The molecule has 1 rings (SSSR count). The normalized spacial score (nSPS) is 12.1. The second-order valence-corrected chi connectivity index (χ2v) is 9.03. The standard InChI is InChI=1S/C11H14ClNO6S2/c1-20(16,17)6-7-21(18,19)13(8-11(14)15)10-4-2-9(12)3-5-10/h2-5H,6-8H2,1H3,(H,14,15).